The molecule has 3 aromatic carbocycles. The minimum Gasteiger partial charge on any atom is -0.489 e. The van der Waals surface area contributed by atoms with E-state index in [0.717, 1.165) is 41.2 Å². The zero-order valence-corrected chi connectivity index (χ0v) is 14.4. The standard InChI is InChI=1S/C23H19NO2/c24-15-18-9-12-23(22(13-18)19-10-11-19)26-21-8-4-7-20(14-21)25-16-17-5-2-1-3-6-17/h1-9,12-14,19H,10-11,16H2. The van der Waals surface area contributed by atoms with Gasteiger partial charge in [-0.25, -0.2) is 0 Å². The molecule has 0 bridgehead atoms. The van der Waals surface area contributed by atoms with Crippen molar-refractivity contribution in [3.8, 4) is 23.3 Å². The molecule has 0 saturated heterocycles. The largest absolute Gasteiger partial charge is 0.489 e. The molecule has 0 radical (unpaired) electrons. The molecule has 128 valence electrons. The first-order chi connectivity index (χ1) is 12.8. The Balaban J connectivity index is 1.50. The minimum atomic E-state index is 0.510. The van der Waals surface area contributed by atoms with Crippen LogP contribution in [0.5, 0.6) is 17.2 Å². The Morgan fingerprint density at radius 1 is 0.885 bits per heavy atom. The number of ether oxygens (including phenoxy) is 2. The van der Waals surface area contributed by atoms with Crippen molar-refractivity contribution in [1.29, 1.82) is 5.26 Å². The van der Waals surface area contributed by atoms with E-state index in [1.807, 2.05) is 66.7 Å². The zero-order chi connectivity index (χ0) is 17.8. The molecule has 1 fully saturated rings. The highest BCUT2D eigenvalue weighted by Gasteiger charge is 2.27. The normalized spacial score (nSPS) is 13.0. The summed E-state index contributed by atoms with van der Waals surface area (Å²) in [6, 6.07) is 25.6. The number of benzene rings is 3. The predicted molar refractivity (Wildman–Crippen MR) is 100 cm³/mol. The zero-order valence-electron chi connectivity index (χ0n) is 14.4. The van der Waals surface area contributed by atoms with Crippen LogP contribution in [-0.4, -0.2) is 0 Å². The quantitative estimate of drug-likeness (QED) is 0.568. The second-order valence-corrected chi connectivity index (χ2v) is 6.49. The summed E-state index contributed by atoms with van der Waals surface area (Å²) in [7, 11) is 0. The second-order valence-electron chi connectivity index (χ2n) is 6.49. The Hall–Kier alpha value is -3.25. The summed E-state index contributed by atoms with van der Waals surface area (Å²) in [4.78, 5) is 0. The first-order valence-electron chi connectivity index (χ1n) is 8.80. The first-order valence-corrected chi connectivity index (χ1v) is 8.80. The number of nitriles is 1. The van der Waals surface area contributed by atoms with Gasteiger partial charge in [-0.2, -0.15) is 5.26 Å². The van der Waals surface area contributed by atoms with Gasteiger partial charge in [0.2, 0.25) is 0 Å². The van der Waals surface area contributed by atoms with Gasteiger partial charge >= 0.3 is 0 Å². The molecule has 26 heavy (non-hydrogen) atoms. The van der Waals surface area contributed by atoms with Gasteiger partial charge in [-0.3, -0.25) is 0 Å². The molecule has 0 atom stereocenters. The van der Waals surface area contributed by atoms with Gasteiger partial charge in [-0.15, -0.1) is 0 Å². The summed E-state index contributed by atoms with van der Waals surface area (Å²) in [5, 5.41) is 9.13. The van der Waals surface area contributed by atoms with Crippen molar-refractivity contribution in [2.45, 2.75) is 25.4 Å². The number of rotatable bonds is 6. The van der Waals surface area contributed by atoms with Crippen molar-refractivity contribution >= 4 is 0 Å². The van der Waals surface area contributed by atoms with Crippen LogP contribution < -0.4 is 9.47 Å². The molecule has 0 aliphatic heterocycles. The smallest absolute Gasteiger partial charge is 0.131 e. The molecule has 0 spiro atoms. The average Bonchev–Trinajstić information content (AvgIpc) is 3.53. The van der Waals surface area contributed by atoms with Gasteiger partial charge in [0.15, 0.2) is 0 Å². The van der Waals surface area contributed by atoms with Gasteiger partial charge in [0, 0.05) is 6.07 Å². The van der Waals surface area contributed by atoms with Crippen LogP contribution in [0, 0.1) is 11.3 Å². The predicted octanol–water partition coefficient (Wildman–Crippen LogP) is 5.81. The lowest BCUT2D eigenvalue weighted by Gasteiger charge is -2.12. The Kier molecular flexibility index (Phi) is 4.57. The molecule has 1 aliphatic rings. The third kappa shape index (κ3) is 3.87. The van der Waals surface area contributed by atoms with Gasteiger partial charge in [-0.05, 0) is 60.2 Å². The van der Waals surface area contributed by atoms with Crippen molar-refractivity contribution in [2.75, 3.05) is 0 Å². The highest BCUT2D eigenvalue weighted by Crippen LogP contribution is 2.45. The third-order valence-corrected chi connectivity index (χ3v) is 4.44. The Morgan fingerprint density at radius 2 is 1.69 bits per heavy atom. The molecule has 3 aromatic rings. The Morgan fingerprint density at radius 3 is 2.46 bits per heavy atom. The molecule has 0 N–H and O–H groups in total. The molecule has 1 aliphatic carbocycles. The van der Waals surface area contributed by atoms with E-state index >= 15 is 0 Å². The summed E-state index contributed by atoms with van der Waals surface area (Å²) >= 11 is 0. The van der Waals surface area contributed by atoms with Crippen LogP contribution in [0.15, 0.2) is 72.8 Å². The van der Waals surface area contributed by atoms with Gasteiger partial charge in [-0.1, -0.05) is 36.4 Å². The van der Waals surface area contributed by atoms with Crippen LogP contribution in [-0.2, 0) is 6.61 Å². The van der Waals surface area contributed by atoms with E-state index in [1.165, 1.54) is 0 Å². The summed E-state index contributed by atoms with van der Waals surface area (Å²) in [5.41, 5.74) is 2.93. The fraction of sp³-hybridized carbons (Fsp3) is 0.174. The molecule has 0 aromatic heterocycles. The van der Waals surface area contributed by atoms with E-state index in [9.17, 15) is 0 Å². The molecule has 0 unspecified atom stereocenters. The molecule has 3 heteroatoms. The monoisotopic (exact) mass is 341 g/mol. The summed E-state index contributed by atoms with van der Waals surface area (Å²) < 4.78 is 12.0. The van der Waals surface area contributed by atoms with E-state index in [1.54, 1.807) is 6.07 Å². The topological polar surface area (TPSA) is 42.2 Å². The highest BCUT2D eigenvalue weighted by molar-refractivity contribution is 5.48. The van der Waals surface area contributed by atoms with Gasteiger partial charge in [0.1, 0.15) is 23.9 Å². The lowest BCUT2D eigenvalue weighted by Crippen LogP contribution is -1.96. The summed E-state index contributed by atoms with van der Waals surface area (Å²) in [6.45, 7) is 0.522. The first kappa shape index (κ1) is 16.2. The molecular formula is C23H19NO2. The van der Waals surface area contributed by atoms with Crippen molar-refractivity contribution in [2.24, 2.45) is 0 Å². The van der Waals surface area contributed by atoms with Crippen molar-refractivity contribution < 1.29 is 9.47 Å². The van der Waals surface area contributed by atoms with Gasteiger partial charge < -0.3 is 9.47 Å². The van der Waals surface area contributed by atoms with Crippen LogP contribution >= 0.6 is 0 Å². The average molecular weight is 341 g/mol. The van der Waals surface area contributed by atoms with Gasteiger partial charge in [0.25, 0.3) is 0 Å². The maximum absolute atomic E-state index is 9.13. The number of nitrogens with zero attached hydrogens (tertiary/aromatic N) is 1. The van der Waals surface area contributed by atoms with E-state index in [4.69, 9.17) is 14.7 Å². The maximum atomic E-state index is 9.13. The van der Waals surface area contributed by atoms with Crippen molar-refractivity contribution in [3.63, 3.8) is 0 Å². The van der Waals surface area contributed by atoms with Crippen LogP contribution in [0.1, 0.15) is 35.4 Å². The van der Waals surface area contributed by atoms with E-state index < -0.39 is 0 Å². The van der Waals surface area contributed by atoms with Crippen molar-refractivity contribution in [1.82, 2.24) is 0 Å². The van der Waals surface area contributed by atoms with E-state index in [-0.39, 0.29) is 0 Å². The van der Waals surface area contributed by atoms with Crippen LogP contribution in [0.3, 0.4) is 0 Å². The van der Waals surface area contributed by atoms with Crippen molar-refractivity contribution in [3.05, 3.63) is 89.5 Å². The molecule has 4 rings (SSSR count). The fourth-order valence-electron chi connectivity index (χ4n) is 2.92. The summed E-state index contributed by atoms with van der Waals surface area (Å²) in [6.07, 6.45) is 2.32. The second kappa shape index (κ2) is 7.33. The van der Waals surface area contributed by atoms with Crippen LogP contribution in [0.4, 0.5) is 0 Å². The van der Waals surface area contributed by atoms with E-state index in [0.29, 0.717) is 18.1 Å². The maximum Gasteiger partial charge on any atom is 0.131 e. The summed E-state index contributed by atoms with van der Waals surface area (Å²) in [5.74, 6) is 2.85. The molecule has 1 saturated carbocycles. The lowest BCUT2D eigenvalue weighted by atomic mass is 10.1. The van der Waals surface area contributed by atoms with Gasteiger partial charge in [0.05, 0.1) is 11.6 Å². The Labute approximate surface area is 153 Å². The number of hydrogen-bond donors (Lipinski definition) is 0. The van der Waals surface area contributed by atoms with Crippen LogP contribution in [0.25, 0.3) is 0 Å². The minimum absolute atomic E-state index is 0.510. The number of hydrogen-bond acceptors (Lipinski definition) is 3. The molecule has 0 heterocycles. The highest BCUT2D eigenvalue weighted by atomic mass is 16.5. The molecule has 3 nitrogen and oxygen atoms in total. The Bertz CT molecular complexity index is 940. The third-order valence-electron chi connectivity index (χ3n) is 4.44. The molecular weight excluding hydrogens is 322 g/mol. The lowest BCUT2D eigenvalue weighted by molar-refractivity contribution is 0.304. The molecule has 0 amide bonds. The fourth-order valence-corrected chi connectivity index (χ4v) is 2.92. The van der Waals surface area contributed by atoms with E-state index in [2.05, 4.69) is 6.07 Å². The SMILES string of the molecule is N#Cc1ccc(Oc2cccc(OCc3ccccc3)c2)c(C2CC2)c1. The van der Waals surface area contributed by atoms with Crippen LogP contribution in [0.2, 0.25) is 0 Å².